The Morgan fingerprint density at radius 2 is 2.33 bits per heavy atom. The van der Waals surface area contributed by atoms with Crippen LogP contribution < -0.4 is 15.8 Å². The van der Waals surface area contributed by atoms with Gasteiger partial charge < -0.3 is 15.8 Å². The molecule has 0 spiro atoms. The number of ether oxygens (including phenoxy) is 1. The molecule has 1 rings (SSSR count). The maximum Gasteiger partial charge on any atom is 0.255 e. The van der Waals surface area contributed by atoms with Crippen molar-refractivity contribution in [1.29, 1.82) is 0 Å². The average Bonchev–Trinajstić information content (AvgIpc) is 2.37. The Balaban J connectivity index is 2.91. The van der Waals surface area contributed by atoms with E-state index in [1.807, 2.05) is 6.92 Å². The van der Waals surface area contributed by atoms with Gasteiger partial charge in [-0.15, -0.1) is 12.3 Å². The number of amides is 1. The summed E-state index contributed by atoms with van der Waals surface area (Å²) in [4.78, 5) is 12.1. The minimum Gasteiger partial charge on any atom is -0.494 e. The highest BCUT2D eigenvalue weighted by Gasteiger charge is 2.16. The van der Waals surface area contributed by atoms with Crippen LogP contribution in [0, 0.1) is 12.3 Å². The summed E-state index contributed by atoms with van der Waals surface area (Å²) in [6, 6.07) is 5.05. The molecule has 3 N–H and O–H groups in total. The predicted molar refractivity (Wildman–Crippen MR) is 72.4 cm³/mol. The van der Waals surface area contributed by atoms with Gasteiger partial charge in [-0.2, -0.15) is 0 Å². The van der Waals surface area contributed by atoms with Gasteiger partial charge in [0.1, 0.15) is 0 Å². The smallest absolute Gasteiger partial charge is 0.255 e. The second-order valence-corrected chi connectivity index (χ2v) is 3.91. The Hall–Kier alpha value is -2.15. The maximum atomic E-state index is 12.1. The van der Waals surface area contributed by atoms with Crippen LogP contribution in [0.3, 0.4) is 0 Å². The molecule has 0 radical (unpaired) electrons. The van der Waals surface area contributed by atoms with Gasteiger partial charge in [-0.25, -0.2) is 0 Å². The monoisotopic (exact) mass is 246 g/mol. The van der Waals surface area contributed by atoms with E-state index in [9.17, 15) is 4.79 Å². The zero-order valence-corrected chi connectivity index (χ0v) is 10.7. The van der Waals surface area contributed by atoms with E-state index in [-0.39, 0.29) is 11.9 Å². The van der Waals surface area contributed by atoms with E-state index < -0.39 is 0 Å². The zero-order chi connectivity index (χ0) is 13.5. The number of carbonyl (C=O) groups is 1. The van der Waals surface area contributed by atoms with Crippen LogP contribution in [0.5, 0.6) is 5.75 Å². The summed E-state index contributed by atoms with van der Waals surface area (Å²) in [5.74, 6) is 2.72. The summed E-state index contributed by atoms with van der Waals surface area (Å²) in [6.45, 7) is 1.97. The molecule has 0 heterocycles. The Kier molecular flexibility index (Phi) is 5.06. The maximum absolute atomic E-state index is 12.1. The Morgan fingerprint density at radius 1 is 1.61 bits per heavy atom. The minimum absolute atomic E-state index is 0.0337. The van der Waals surface area contributed by atoms with Gasteiger partial charge in [-0.1, -0.05) is 13.0 Å². The van der Waals surface area contributed by atoms with Crippen LogP contribution in [0.2, 0.25) is 0 Å². The lowest BCUT2D eigenvalue weighted by atomic mass is 10.1. The number of nitrogens with one attached hydrogen (secondary N) is 1. The average molecular weight is 246 g/mol. The summed E-state index contributed by atoms with van der Waals surface area (Å²) in [7, 11) is 1.49. The molecule has 0 aliphatic rings. The summed E-state index contributed by atoms with van der Waals surface area (Å²) < 4.78 is 5.15. The number of benzene rings is 1. The summed E-state index contributed by atoms with van der Waals surface area (Å²) in [5, 5.41) is 2.87. The molecular formula is C14H18N2O2. The number of carbonyl (C=O) groups excluding carboxylic acids is 1. The van der Waals surface area contributed by atoms with Crippen molar-refractivity contribution in [2.24, 2.45) is 0 Å². The van der Waals surface area contributed by atoms with Gasteiger partial charge in [0.2, 0.25) is 0 Å². The molecule has 96 valence electrons. The highest BCUT2D eigenvalue weighted by Crippen LogP contribution is 2.25. The van der Waals surface area contributed by atoms with Crippen LogP contribution in [0.15, 0.2) is 18.2 Å². The largest absolute Gasteiger partial charge is 0.494 e. The number of nitrogens with two attached hydrogens (primary N) is 1. The topological polar surface area (TPSA) is 64.4 Å². The Labute approximate surface area is 108 Å². The molecule has 4 heteroatoms. The fourth-order valence-corrected chi connectivity index (χ4v) is 1.66. The second-order valence-electron chi connectivity index (χ2n) is 3.91. The van der Waals surface area contributed by atoms with E-state index in [0.717, 1.165) is 6.42 Å². The third-order valence-corrected chi connectivity index (χ3v) is 2.69. The van der Waals surface area contributed by atoms with E-state index in [0.29, 0.717) is 23.4 Å². The highest BCUT2D eigenvalue weighted by molar-refractivity contribution is 5.98. The number of rotatable bonds is 5. The first kappa shape index (κ1) is 13.9. The predicted octanol–water partition coefficient (Wildman–Crippen LogP) is 1.81. The molecule has 1 aromatic rings. The van der Waals surface area contributed by atoms with Crippen molar-refractivity contribution in [2.75, 3.05) is 12.8 Å². The fraction of sp³-hybridized carbons (Fsp3) is 0.357. The number of anilines is 1. The normalized spacial score (nSPS) is 11.4. The van der Waals surface area contributed by atoms with Gasteiger partial charge in [0.15, 0.2) is 5.75 Å². The van der Waals surface area contributed by atoms with E-state index in [2.05, 4.69) is 11.2 Å². The fourth-order valence-electron chi connectivity index (χ4n) is 1.66. The lowest BCUT2D eigenvalue weighted by molar-refractivity contribution is 0.0933. The van der Waals surface area contributed by atoms with Gasteiger partial charge in [-0.3, -0.25) is 4.79 Å². The molecule has 4 nitrogen and oxygen atoms in total. The third-order valence-electron chi connectivity index (χ3n) is 2.69. The van der Waals surface area contributed by atoms with Crippen molar-refractivity contribution >= 4 is 11.6 Å². The van der Waals surface area contributed by atoms with Crippen molar-refractivity contribution in [3.05, 3.63) is 23.8 Å². The number of terminal acetylenes is 1. The van der Waals surface area contributed by atoms with Crippen molar-refractivity contribution in [1.82, 2.24) is 5.32 Å². The van der Waals surface area contributed by atoms with Crippen molar-refractivity contribution in [2.45, 2.75) is 25.8 Å². The number of methoxy groups -OCH3 is 1. The molecule has 0 saturated carbocycles. The Morgan fingerprint density at radius 3 is 2.89 bits per heavy atom. The first-order valence-corrected chi connectivity index (χ1v) is 5.80. The molecule has 0 saturated heterocycles. The first-order chi connectivity index (χ1) is 8.63. The van der Waals surface area contributed by atoms with Crippen molar-refractivity contribution in [3.8, 4) is 18.1 Å². The van der Waals surface area contributed by atoms with Crippen molar-refractivity contribution in [3.63, 3.8) is 0 Å². The van der Waals surface area contributed by atoms with Crippen LogP contribution in [-0.4, -0.2) is 19.1 Å². The summed E-state index contributed by atoms with van der Waals surface area (Å²) >= 11 is 0. The molecule has 0 aromatic heterocycles. The molecule has 1 aromatic carbocycles. The van der Waals surface area contributed by atoms with E-state index >= 15 is 0 Å². The number of para-hydroxylation sites is 1. The molecule has 0 aliphatic heterocycles. The quantitative estimate of drug-likeness (QED) is 0.615. The van der Waals surface area contributed by atoms with E-state index in [4.69, 9.17) is 16.9 Å². The van der Waals surface area contributed by atoms with Gasteiger partial charge in [0, 0.05) is 12.5 Å². The minimum atomic E-state index is -0.221. The lowest BCUT2D eigenvalue weighted by Gasteiger charge is -2.16. The molecular weight excluding hydrogens is 228 g/mol. The molecule has 0 aliphatic carbocycles. The van der Waals surface area contributed by atoms with Crippen LogP contribution in [0.4, 0.5) is 5.69 Å². The SMILES string of the molecule is C#CCC(CC)NC(=O)c1cccc(N)c1OC. The van der Waals surface area contributed by atoms with Gasteiger partial charge in [-0.05, 0) is 18.6 Å². The molecule has 0 fully saturated rings. The van der Waals surface area contributed by atoms with E-state index in [1.54, 1.807) is 18.2 Å². The van der Waals surface area contributed by atoms with Gasteiger partial charge >= 0.3 is 0 Å². The van der Waals surface area contributed by atoms with Crippen LogP contribution >= 0.6 is 0 Å². The molecule has 1 atom stereocenters. The molecule has 1 unspecified atom stereocenters. The number of hydrogen-bond donors (Lipinski definition) is 2. The van der Waals surface area contributed by atoms with Crippen LogP contribution in [0.25, 0.3) is 0 Å². The highest BCUT2D eigenvalue weighted by atomic mass is 16.5. The first-order valence-electron chi connectivity index (χ1n) is 5.80. The molecule has 18 heavy (non-hydrogen) atoms. The third kappa shape index (κ3) is 3.17. The van der Waals surface area contributed by atoms with Crippen LogP contribution in [-0.2, 0) is 0 Å². The van der Waals surface area contributed by atoms with Crippen molar-refractivity contribution < 1.29 is 9.53 Å². The molecule has 0 bridgehead atoms. The zero-order valence-electron chi connectivity index (χ0n) is 10.7. The Bertz CT molecular complexity index is 463. The van der Waals surface area contributed by atoms with Crippen LogP contribution in [0.1, 0.15) is 30.1 Å². The number of nitrogen functional groups attached to an aromatic ring is 1. The van der Waals surface area contributed by atoms with Gasteiger partial charge in [0.25, 0.3) is 5.91 Å². The molecule has 1 amide bonds. The lowest BCUT2D eigenvalue weighted by Crippen LogP contribution is -2.34. The summed E-state index contributed by atoms with van der Waals surface area (Å²) in [5.41, 5.74) is 6.62. The van der Waals surface area contributed by atoms with E-state index in [1.165, 1.54) is 7.11 Å². The second kappa shape index (κ2) is 6.55. The van der Waals surface area contributed by atoms with Gasteiger partial charge in [0.05, 0.1) is 18.4 Å². The summed E-state index contributed by atoms with van der Waals surface area (Å²) in [6.07, 6.45) is 6.54. The standard InChI is InChI=1S/C14H18N2O2/c1-4-7-10(5-2)16-14(17)11-8-6-9-12(15)13(11)18-3/h1,6,8-10H,5,7,15H2,2-3H3,(H,16,17). The number of hydrogen-bond acceptors (Lipinski definition) is 3.